The Morgan fingerprint density at radius 2 is 2.11 bits per heavy atom. The van der Waals surface area contributed by atoms with Gasteiger partial charge in [-0.1, -0.05) is 0 Å². The van der Waals surface area contributed by atoms with E-state index in [-0.39, 0.29) is 23.2 Å². The smallest absolute Gasteiger partial charge is 0.465 e. The number of alkyl halides is 3. The highest BCUT2D eigenvalue weighted by Gasteiger charge is 2.33. The molecule has 18 heavy (non-hydrogen) atoms. The first-order chi connectivity index (χ1) is 8.30. The molecule has 0 bridgehead atoms. The van der Waals surface area contributed by atoms with Crippen molar-refractivity contribution < 1.29 is 27.4 Å². The third-order valence-electron chi connectivity index (χ3n) is 2.25. The molecule has 0 atom stereocenters. The second kappa shape index (κ2) is 5.21. The number of methoxy groups -OCH3 is 1. The molecule has 0 saturated heterocycles. The SMILES string of the molecule is COC(=O)c1cnc(OC(F)(F)F)c(CN)c1C. The van der Waals surface area contributed by atoms with Gasteiger partial charge in [-0.2, -0.15) is 0 Å². The van der Waals surface area contributed by atoms with Crippen LogP contribution in [0.3, 0.4) is 0 Å². The quantitative estimate of drug-likeness (QED) is 0.838. The average molecular weight is 264 g/mol. The van der Waals surface area contributed by atoms with E-state index in [0.29, 0.717) is 0 Å². The van der Waals surface area contributed by atoms with Crippen molar-refractivity contribution in [3.05, 3.63) is 22.9 Å². The highest BCUT2D eigenvalue weighted by Crippen LogP contribution is 2.27. The molecule has 0 aromatic carbocycles. The van der Waals surface area contributed by atoms with Crippen LogP contribution < -0.4 is 10.5 Å². The lowest BCUT2D eigenvalue weighted by Gasteiger charge is -2.14. The lowest BCUT2D eigenvalue weighted by atomic mass is 10.1. The Morgan fingerprint density at radius 1 is 1.50 bits per heavy atom. The van der Waals surface area contributed by atoms with Crippen LogP contribution in [0.25, 0.3) is 0 Å². The van der Waals surface area contributed by atoms with Crippen LogP contribution in [0.2, 0.25) is 0 Å². The number of pyridine rings is 1. The van der Waals surface area contributed by atoms with Gasteiger partial charge in [-0.25, -0.2) is 9.78 Å². The maximum absolute atomic E-state index is 12.1. The minimum atomic E-state index is -4.86. The molecule has 0 saturated carbocycles. The number of nitrogens with two attached hydrogens (primary N) is 1. The predicted octanol–water partition coefficient (Wildman–Crippen LogP) is 1.53. The van der Waals surface area contributed by atoms with Gasteiger partial charge in [-0.15, -0.1) is 13.2 Å². The van der Waals surface area contributed by atoms with Gasteiger partial charge in [0.25, 0.3) is 0 Å². The molecule has 0 aliphatic heterocycles. The van der Waals surface area contributed by atoms with Crippen molar-refractivity contribution in [1.29, 1.82) is 0 Å². The van der Waals surface area contributed by atoms with Gasteiger partial charge >= 0.3 is 12.3 Å². The summed E-state index contributed by atoms with van der Waals surface area (Å²) < 4.78 is 44.6. The molecular formula is C10H11F3N2O3. The largest absolute Gasteiger partial charge is 0.574 e. The maximum Gasteiger partial charge on any atom is 0.574 e. The van der Waals surface area contributed by atoms with Crippen molar-refractivity contribution in [3.63, 3.8) is 0 Å². The van der Waals surface area contributed by atoms with Crippen LogP contribution in [-0.4, -0.2) is 24.4 Å². The molecule has 2 N–H and O–H groups in total. The number of esters is 1. The number of hydrogen-bond acceptors (Lipinski definition) is 5. The van der Waals surface area contributed by atoms with Gasteiger partial charge in [0.05, 0.1) is 12.7 Å². The molecule has 1 heterocycles. The first-order valence-electron chi connectivity index (χ1n) is 4.82. The molecule has 1 aromatic rings. The van der Waals surface area contributed by atoms with Crippen molar-refractivity contribution in [2.75, 3.05) is 7.11 Å². The maximum atomic E-state index is 12.1. The number of aromatic nitrogens is 1. The zero-order valence-corrected chi connectivity index (χ0v) is 9.67. The summed E-state index contributed by atoms with van der Waals surface area (Å²) in [6, 6.07) is 0. The van der Waals surface area contributed by atoms with Gasteiger partial charge in [0.1, 0.15) is 0 Å². The minimum absolute atomic E-state index is 0.00947. The summed E-state index contributed by atoms with van der Waals surface area (Å²) in [7, 11) is 1.16. The Hall–Kier alpha value is -1.83. The summed E-state index contributed by atoms with van der Waals surface area (Å²) in [6.07, 6.45) is -3.91. The third kappa shape index (κ3) is 3.10. The van der Waals surface area contributed by atoms with Crippen molar-refractivity contribution in [2.24, 2.45) is 5.73 Å². The number of rotatable bonds is 3. The number of carbonyl (C=O) groups excluding carboxylic acids is 1. The molecule has 0 unspecified atom stereocenters. The fourth-order valence-electron chi connectivity index (χ4n) is 1.37. The van der Waals surface area contributed by atoms with Crippen LogP contribution in [0.4, 0.5) is 13.2 Å². The summed E-state index contributed by atoms with van der Waals surface area (Å²) in [5.41, 5.74) is 5.65. The van der Waals surface area contributed by atoms with Crippen LogP contribution in [0, 0.1) is 6.92 Å². The van der Waals surface area contributed by atoms with E-state index in [4.69, 9.17) is 5.73 Å². The number of nitrogens with zero attached hydrogens (tertiary/aromatic N) is 1. The van der Waals surface area contributed by atoms with E-state index in [9.17, 15) is 18.0 Å². The first-order valence-corrected chi connectivity index (χ1v) is 4.82. The van der Waals surface area contributed by atoms with Crippen LogP contribution in [0.5, 0.6) is 5.88 Å². The zero-order chi connectivity index (χ0) is 13.9. The van der Waals surface area contributed by atoms with E-state index < -0.39 is 18.2 Å². The van der Waals surface area contributed by atoms with E-state index in [1.807, 2.05) is 0 Å². The summed E-state index contributed by atoms with van der Waals surface area (Å²) in [5, 5.41) is 0. The number of ether oxygens (including phenoxy) is 2. The van der Waals surface area contributed by atoms with Gasteiger partial charge in [-0.3, -0.25) is 0 Å². The summed E-state index contributed by atoms with van der Waals surface area (Å²) in [4.78, 5) is 14.8. The molecule has 0 aliphatic carbocycles. The fourth-order valence-corrected chi connectivity index (χ4v) is 1.37. The zero-order valence-electron chi connectivity index (χ0n) is 9.67. The molecule has 0 radical (unpaired) electrons. The van der Waals surface area contributed by atoms with Gasteiger partial charge < -0.3 is 15.2 Å². The average Bonchev–Trinajstić information content (AvgIpc) is 2.26. The molecule has 0 spiro atoms. The highest BCUT2D eigenvalue weighted by atomic mass is 19.4. The Bertz CT molecular complexity index is 460. The summed E-state index contributed by atoms with van der Waals surface area (Å²) >= 11 is 0. The van der Waals surface area contributed by atoms with Crippen LogP contribution in [0.1, 0.15) is 21.5 Å². The third-order valence-corrected chi connectivity index (χ3v) is 2.25. The molecule has 1 aromatic heterocycles. The van der Waals surface area contributed by atoms with Gasteiger partial charge in [0.15, 0.2) is 0 Å². The van der Waals surface area contributed by atoms with Crippen molar-refractivity contribution in [1.82, 2.24) is 4.98 Å². The normalized spacial score (nSPS) is 11.2. The van der Waals surface area contributed by atoms with E-state index in [0.717, 1.165) is 13.3 Å². The monoisotopic (exact) mass is 264 g/mol. The minimum Gasteiger partial charge on any atom is -0.465 e. The summed E-state index contributed by atoms with van der Waals surface area (Å²) in [5.74, 6) is -1.36. The van der Waals surface area contributed by atoms with Crippen LogP contribution in [-0.2, 0) is 11.3 Å². The molecule has 0 fully saturated rings. The fraction of sp³-hybridized carbons (Fsp3) is 0.400. The first kappa shape index (κ1) is 14.2. The van der Waals surface area contributed by atoms with E-state index in [2.05, 4.69) is 14.5 Å². The molecule has 1 rings (SSSR count). The van der Waals surface area contributed by atoms with Gasteiger partial charge in [0, 0.05) is 18.3 Å². The summed E-state index contributed by atoms with van der Waals surface area (Å²) in [6.45, 7) is 1.20. The van der Waals surface area contributed by atoms with Crippen molar-refractivity contribution in [3.8, 4) is 5.88 Å². The van der Waals surface area contributed by atoms with E-state index >= 15 is 0 Å². The predicted molar refractivity (Wildman–Crippen MR) is 54.9 cm³/mol. The Morgan fingerprint density at radius 3 is 2.56 bits per heavy atom. The topological polar surface area (TPSA) is 74.4 Å². The Labute approximate surface area is 101 Å². The van der Waals surface area contributed by atoms with Gasteiger partial charge in [0.2, 0.25) is 5.88 Å². The molecule has 0 amide bonds. The highest BCUT2D eigenvalue weighted by molar-refractivity contribution is 5.91. The molecular weight excluding hydrogens is 253 g/mol. The molecule has 100 valence electrons. The molecule has 5 nitrogen and oxygen atoms in total. The van der Waals surface area contributed by atoms with Crippen LogP contribution in [0.15, 0.2) is 6.20 Å². The number of halogens is 3. The van der Waals surface area contributed by atoms with Crippen molar-refractivity contribution >= 4 is 5.97 Å². The Balaban J connectivity index is 3.25. The molecule has 8 heteroatoms. The number of carbonyl (C=O) groups is 1. The Kier molecular flexibility index (Phi) is 4.12. The van der Waals surface area contributed by atoms with E-state index in [1.54, 1.807) is 0 Å². The lowest BCUT2D eigenvalue weighted by molar-refractivity contribution is -0.276. The standard InChI is InChI=1S/C10H11F3N2O3/c1-5-6(3-14)8(18-10(11,12)13)15-4-7(5)9(16)17-2/h4H,3,14H2,1-2H3. The van der Waals surface area contributed by atoms with Gasteiger partial charge in [-0.05, 0) is 12.5 Å². The number of hydrogen-bond donors (Lipinski definition) is 1. The van der Waals surface area contributed by atoms with Crippen molar-refractivity contribution in [2.45, 2.75) is 19.8 Å². The second-order valence-electron chi connectivity index (χ2n) is 3.32. The second-order valence-corrected chi connectivity index (χ2v) is 3.32. The lowest BCUT2D eigenvalue weighted by Crippen LogP contribution is -2.21. The van der Waals surface area contributed by atoms with E-state index in [1.165, 1.54) is 6.92 Å². The van der Waals surface area contributed by atoms with Crippen LogP contribution >= 0.6 is 0 Å². The molecule has 0 aliphatic rings.